The lowest BCUT2D eigenvalue weighted by Crippen LogP contribution is -2.23. The standard InChI is InChI=1S/C13H12ClFN2O.C8H6ClNO.CH2O/c1-8-4-12(16-6-8)13(18)17-7-9-2-3-10(14)5-11(9)15;1-11-8-3-6(5-10)2-7(9)4-8;1-2/h2-6,16H,7H2,1H3,(H,17,18);2-4H,1H3;1H2. The average Bonchev–Trinajstić information content (AvgIpc) is 3.20. The van der Waals surface area contributed by atoms with E-state index in [0.29, 0.717) is 32.6 Å². The number of halogens is 3. The molecule has 0 aliphatic rings. The third-order valence-corrected chi connectivity index (χ3v) is 4.22. The molecule has 9 heteroatoms. The molecule has 0 fully saturated rings. The minimum Gasteiger partial charge on any atom is -0.497 e. The summed E-state index contributed by atoms with van der Waals surface area (Å²) in [5, 5.41) is 12.0. The van der Waals surface area contributed by atoms with E-state index in [-0.39, 0.29) is 12.5 Å². The highest BCUT2D eigenvalue weighted by molar-refractivity contribution is 6.31. The minimum absolute atomic E-state index is 0.125. The van der Waals surface area contributed by atoms with Crippen molar-refractivity contribution < 1.29 is 18.7 Å². The molecule has 3 rings (SSSR count). The highest BCUT2D eigenvalue weighted by atomic mass is 35.5. The van der Waals surface area contributed by atoms with Gasteiger partial charge in [0.2, 0.25) is 0 Å². The quantitative estimate of drug-likeness (QED) is 0.563. The number of hydrogen-bond donors (Lipinski definition) is 2. The lowest BCUT2D eigenvalue weighted by molar-refractivity contribution is -0.0980. The van der Waals surface area contributed by atoms with Crippen molar-refractivity contribution in [1.82, 2.24) is 10.3 Å². The normalized spacial score (nSPS) is 9.29. The summed E-state index contributed by atoms with van der Waals surface area (Å²) in [6.07, 6.45) is 1.73. The fraction of sp³-hybridized carbons (Fsp3) is 0.136. The number of aromatic amines is 1. The molecule has 1 amide bonds. The molecular formula is C22H20Cl2FN3O3. The van der Waals surface area contributed by atoms with Gasteiger partial charge in [0.25, 0.3) is 5.91 Å². The van der Waals surface area contributed by atoms with Gasteiger partial charge in [0.15, 0.2) is 0 Å². The fourth-order valence-electron chi connectivity index (χ4n) is 2.31. The van der Waals surface area contributed by atoms with E-state index < -0.39 is 5.82 Å². The van der Waals surface area contributed by atoms with Gasteiger partial charge in [-0.05, 0) is 48.9 Å². The largest absolute Gasteiger partial charge is 0.497 e. The molecule has 0 saturated carbocycles. The highest BCUT2D eigenvalue weighted by Gasteiger charge is 2.09. The van der Waals surface area contributed by atoms with E-state index in [1.165, 1.54) is 13.2 Å². The molecule has 2 N–H and O–H groups in total. The first-order chi connectivity index (χ1) is 14.8. The number of ether oxygens (including phenoxy) is 1. The van der Waals surface area contributed by atoms with Gasteiger partial charge in [-0.1, -0.05) is 29.3 Å². The predicted molar refractivity (Wildman–Crippen MR) is 118 cm³/mol. The van der Waals surface area contributed by atoms with Crippen LogP contribution in [-0.4, -0.2) is 24.8 Å². The zero-order valence-corrected chi connectivity index (χ0v) is 18.4. The minimum atomic E-state index is -0.425. The van der Waals surface area contributed by atoms with Crippen LogP contribution < -0.4 is 10.1 Å². The molecule has 0 unspecified atom stereocenters. The Labute approximate surface area is 189 Å². The third kappa shape index (κ3) is 8.51. The zero-order chi connectivity index (χ0) is 23.4. The van der Waals surface area contributed by atoms with Crippen molar-refractivity contribution in [1.29, 1.82) is 5.26 Å². The number of nitrogens with zero attached hydrogens (tertiary/aromatic N) is 1. The summed E-state index contributed by atoms with van der Waals surface area (Å²) < 4.78 is 18.4. The van der Waals surface area contributed by atoms with Gasteiger partial charge in [-0.3, -0.25) is 4.79 Å². The number of carbonyl (C=O) groups is 2. The van der Waals surface area contributed by atoms with E-state index in [1.54, 1.807) is 42.6 Å². The maximum absolute atomic E-state index is 13.5. The van der Waals surface area contributed by atoms with E-state index in [4.69, 9.17) is 38.0 Å². The number of methoxy groups -OCH3 is 1. The fourth-order valence-corrected chi connectivity index (χ4v) is 2.70. The van der Waals surface area contributed by atoms with Crippen LogP contribution in [0.5, 0.6) is 5.75 Å². The molecule has 0 spiro atoms. The predicted octanol–water partition coefficient (Wildman–Crippen LogP) is 5.08. The molecule has 3 aromatic rings. The number of benzene rings is 2. The molecule has 6 nitrogen and oxygen atoms in total. The maximum Gasteiger partial charge on any atom is 0.267 e. The van der Waals surface area contributed by atoms with Crippen molar-refractivity contribution in [2.45, 2.75) is 13.5 Å². The molecule has 0 aliphatic heterocycles. The molecule has 0 aliphatic carbocycles. The number of carbonyl (C=O) groups excluding carboxylic acids is 2. The Hall–Kier alpha value is -3.34. The van der Waals surface area contributed by atoms with Crippen LogP contribution in [0.1, 0.15) is 27.2 Å². The molecule has 1 aromatic heterocycles. The van der Waals surface area contributed by atoms with Crippen LogP contribution >= 0.6 is 23.2 Å². The Kier molecular flexibility index (Phi) is 10.8. The topological polar surface area (TPSA) is 95.0 Å². The van der Waals surface area contributed by atoms with Gasteiger partial charge in [0, 0.05) is 28.4 Å². The van der Waals surface area contributed by atoms with E-state index in [2.05, 4.69) is 10.3 Å². The maximum atomic E-state index is 13.5. The molecule has 2 aromatic carbocycles. The first kappa shape index (κ1) is 25.7. The Morgan fingerprint density at radius 2 is 1.90 bits per heavy atom. The monoisotopic (exact) mass is 463 g/mol. The number of nitriles is 1. The summed E-state index contributed by atoms with van der Waals surface area (Å²) in [6.45, 7) is 4.01. The number of hydrogen-bond acceptors (Lipinski definition) is 4. The summed E-state index contributed by atoms with van der Waals surface area (Å²) in [5.41, 5.74) is 2.34. The van der Waals surface area contributed by atoms with E-state index in [9.17, 15) is 9.18 Å². The third-order valence-electron chi connectivity index (χ3n) is 3.76. The highest BCUT2D eigenvalue weighted by Crippen LogP contribution is 2.19. The van der Waals surface area contributed by atoms with Crippen molar-refractivity contribution >= 4 is 35.9 Å². The number of amides is 1. The van der Waals surface area contributed by atoms with Gasteiger partial charge < -0.3 is 19.8 Å². The number of H-pyrrole nitrogens is 1. The number of rotatable bonds is 4. The van der Waals surface area contributed by atoms with Crippen molar-refractivity contribution in [3.8, 4) is 11.8 Å². The molecule has 0 saturated heterocycles. The van der Waals surface area contributed by atoms with Crippen LogP contribution in [0, 0.1) is 24.1 Å². The number of aryl methyl sites for hydroxylation is 1. The van der Waals surface area contributed by atoms with Crippen LogP contribution in [-0.2, 0) is 11.3 Å². The molecular weight excluding hydrogens is 444 g/mol. The van der Waals surface area contributed by atoms with Crippen LogP contribution in [0.25, 0.3) is 0 Å². The summed E-state index contributed by atoms with van der Waals surface area (Å²) in [5.74, 6) is -0.0861. The lowest BCUT2D eigenvalue weighted by atomic mass is 10.2. The van der Waals surface area contributed by atoms with Crippen molar-refractivity contribution in [3.05, 3.63) is 86.9 Å². The Balaban J connectivity index is 0.000000317. The van der Waals surface area contributed by atoms with Crippen molar-refractivity contribution in [2.24, 2.45) is 0 Å². The SMILES string of the molecule is C=O.COc1cc(Cl)cc(C#N)c1.Cc1c[nH]c(C(=O)NCc2ccc(Cl)cc2F)c1. The van der Waals surface area contributed by atoms with Gasteiger partial charge in [0.05, 0.1) is 18.7 Å². The second kappa shape index (κ2) is 13.1. The first-order valence-electron chi connectivity index (χ1n) is 8.73. The van der Waals surface area contributed by atoms with Crippen molar-refractivity contribution in [3.63, 3.8) is 0 Å². The lowest BCUT2D eigenvalue weighted by Gasteiger charge is -2.05. The summed E-state index contributed by atoms with van der Waals surface area (Å²) in [7, 11) is 1.53. The molecule has 31 heavy (non-hydrogen) atoms. The van der Waals surface area contributed by atoms with Crippen molar-refractivity contribution in [2.75, 3.05) is 7.11 Å². The average molecular weight is 464 g/mol. The van der Waals surface area contributed by atoms with Crippen LogP contribution in [0.3, 0.4) is 0 Å². The molecule has 1 heterocycles. The van der Waals surface area contributed by atoms with Gasteiger partial charge >= 0.3 is 0 Å². The van der Waals surface area contributed by atoms with Crippen LogP contribution in [0.4, 0.5) is 4.39 Å². The van der Waals surface area contributed by atoms with Gasteiger partial charge in [-0.15, -0.1) is 0 Å². The van der Waals surface area contributed by atoms with E-state index in [0.717, 1.165) is 5.56 Å². The van der Waals surface area contributed by atoms with Crippen LogP contribution in [0.2, 0.25) is 10.0 Å². The second-order valence-corrected chi connectivity index (χ2v) is 6.87. The zero-order valence-electron chi connectivity index (χ0n) is 16.8. The Morgan fingerprint density at radius 3 is 2.45 bits per heavy atom. The van der Waals surface area contributed by atoms with Gasteiger partial charge in [-0.2, -0.15) is 5.26 Å². The van der Waals surface area contributed by atoms with Gasteiger partial charge in [-0.25, -0.2) is 4.39 Å². The molecule has 0 atom stereocenters. The summed E-state index contributed by atoms with van der Waals surface area (Å²) >= 11 is 11.3. The van der Waals surface area contributed by atoms with Crippen LogP contribution in [0.15, 0.2) is 48.7 Å². The van der Waals surface area contributed by atoms with E-state index >= 15 is 0 Å². The second-order valence-electron chi connectivity index (χ2n) is 6.00. The molecule has 162 valence electrons. The Bertz CT molecular complexity index is 1060. The number of nitrogens with one attached hydrogen (secondary N) is 2. The summed E-state index contributed by atoms with van der Waals surface area (Å²) in [6, 6.07) is 12.9. The molecule has 0 bridgehead atoms. The smallest absolute Gasteiger partial charge is 0.267 e. The Morgan fingerprint density at radius 1 is 1.19 bits per heavy atom. The number of aromatic nitrogens is 1. The summed E-state index contributed by atoms with van der Waals surface area (Å²) in [4.78, 5) is 22.6. The molecule has 0 radical (unpaired) electrons. The van der Waals surface area contributed by atoms with E-state index in [1.807, 2.05) is 19.8 Å². The van der Waals surface area contributed by atoms with Gasteiger partial charge in [0.1, 0.15) is 24.0 Å². The first-order valence-corrected chi connectivity index (χ1v) is 9.48.